The Morgan fingerprint density at radius 1 is 1.32 bits per heavy atom. The predicted molar refractivity (Wildman–Crippen MR) is 82.8 cm³/mol. The highest BCUT2D eigenvalue weighted by atomic mass is 28.3. The molecule has 0 saturated heterocycles. The maximum atomic E-state index is 8.36. The van der Waals surface area contributed by atoms with E-state index in [0.29, 0.717) is 19.6 Å². The molecule has 0 spiro atoms. The Kier molecular flexibility index (Phi) is 8.70. The SMILES string of the molecule is C[SiH](C=CCOCCC#N)CCCc1ccccc1. The van der Waals surface area contributed by atoms with Gasteiger partial charge in [0.25, 0.3) is 0 Å². The van der Waals surface area contributed by atoms with E-state index in [1.54, 1.807) is 0 Å². The van der Waals surface area contributed by atoms with Crippen LogP contribution in [0.3, 0.4) is 0 Å². The topological polar surface area (TPSA) is 33.0 Å². The zero-order valence-corrected chi connectivity index (χ0v) is 12.9. The molecule has 19 heavy (non-hydrogen) atoms. The highest BCUT2D eigenvalue weighted by Crippen LogP contribution is 2.07. The molecule has 0 heterocycles. The van der Waals surface area contributed by atoms with Crippen LogP contribution in [0.5, 0.6) is 0 Å². The van der Waals surface area contributed by atoms with Crippen LogP contribution in [-0.4, -0.2) is 22.0 Å². The molecule has 1 rings (SSSR count). The van der Waals surface area contributed by atoms with E-state index < -0.39 is 8.80 Å². The molecule has 2 nitrogen and oxygen atoms in total. The summed E-state index contributed by atoms with van der Waals surface area (Å²) in [6.07, 6.45) is 5.07. The van der Waals surface area contributed by atoms with Crippen LogP contribution in [0.25, 0.3) is 0 Å². The minimum absolute atomic E-state index is 0.484. The van der Waals surface area contributed by atoms with E-state index in [1.807, 2.05) is 0 Å². The highest BCUT2D eigenvalue weighted by molar-refractivity contribution is 6.62. The Balaban J connectivity index is 2.06. The summed E-state index contributed by atoms with van der Waals surface area (Å²) in [5, 5.41) is 8.36. The monoisotopic (exact) mass is 273 g/mol. The van der Waals surface area contributed by atoms with Gasteiger partial charge in [-0.05, 0) is 12.0 Å². The minimum Gasteiger partial charge on any atom is -0.376 e. The first-order valence-electron chi connectivity index (χ1n) is 6.98. The van der Waals surface area contributed by atoms with Gasteiger partial charge in [0, 0.05) is 0 Å². The van der Waals surface area contributed by atoms with Crippen LogP contribution < -0.4 is 0 Å². The smallest absolute Gasteiger partial charge is 0.0645 e. The molecule has 0 amide bonds. The number of benzene rings is 1. The molecule has 0 aliphatic rings. The van der Waals surface area contributed by atoms with Gasteiger partial charge in [-0.2, -0.15) is 5.26 Å². The van der Waals surface area contributed by atoms with E-state index in [2.05, 4.69) is 54.7 Å². The van der Waals surface area contributed by atoms with E-state index in [4.69, 9.17) is 10.00 Å². The van der Waals surface area contributed by atoms with E-state index >= 15 is 0 Å². The lowest BCUT2D eigenvalue weighted by molar-refractivity contribution is 0.168. The van der Waals surface area contributed by atoms with E-state index in [0.717, 1.165) is 0 Å². The van der Waals surface area contributed by atoms with Crippen LogP contribution in [0.2, 0.25) is 12.6 Å². The van der Waals surface area contributed by atoms with Crippen molar-refractivity contribution in [3.8, 4) is 6.07 Å². The number of nitrogens with zero attached hydrogens (tertiary/aromatic N) is 1. The second-order valence-corrected chi connectivity index (χ2v) is 7.68. The van der Waals surface area contributed by atoms with Crippen molar-refractivity contribution in [2.45, 2.75) is 31.9 Å². The van der Waals surface area contributed by atoms with Crippen molar-refractivity contribution in [3.63, 3.8) is 0 Å². The summed E-state index contributed by atoms with van der Waals surface area (Å²) in [5.74, 6) is 0. The van der Waals surface area contributed by atoms with Gasteiger partial charge in [0.1, 0.15) is 0 Å². The van der Waals surface area contributed by atoms with Crippen molar-refractivity contribution in [2.24, 2.45) is 0 Å². The summed E-state index contributed by atoms with van der Waals surface area (Å²) in [5.41, 5.74) is 3.78. The number of nitriles is 1. The lowest BCUT2D eigenvalue weighted by Crippen LogP contribution is -2.04. The molecule has 1 aromatic carbocycles. The maximum Gasteiger partial charge on any atom is 0.0645 e. The summed E-state index contributed by atoms with van der Waals surface area (Å²) < 4.78 is 5.31. The largest absolute Gasteiger partial charge is 0.376 e. The molecule has 0 saturated carbocycles. The number of hydrogen-bond donors (Lipinski definition) is 0. The quantitative estimate of drug-likeness (QED) is 0.509. The Morgan fingerprint density at radius 3 is 2.84 bits per heavy atom. The lowest BCUT2D eigenvalue weighted by atomic mass is 10.1. The van der Waals surface area contributed by atoms with E-state index in [9.17, 15) is 0 Å². The standard InChI is InChI=1S/C16H23NOSi/c1-19(15-7-13-18-12-6-11-17)14-5-10-16-8-3-2-4-9-16/h2-4,7-9,15,19H,5-6,10,12-14H2,1H3. The molecule has 0 fully saturated rings. The normalized spacial score (nSPS) is 12.4. The molecule has 0 radical (unpaired) electrons. The second-order valence-electron chi connectivity index (χ2n) is 4.77. The summed E-state index contributed by atoms with van der Waals surface area (Å²) in [4.78, 5) is 0. The van der Waals surface area contributed by atoms with Crippen LogP contribution in [0.4, 0.5) is 0 Å². The molecular weight excluding hydrogens is 250 g/mol. The number of hydrogen-bond acceptors (Lipinski definition) is 2. The molecule has 102 valence electrons. The summed E-state index contributed by atoms with van der Waals surface area (Å²) >= 11 is 0. The second kappa shape index (κ2) is 10.5. The molecule has 3 heteroatoms. The summed E-state index contributed by atoms with van der Waals surface area (Å²) in [7, 11) is -0.728. The molecule has 1 atom stereocenters. The number of aryl methyl sites for hydroxylation is 1. The van der Waals surface area contributed by atoms with Crippen molar-refractivity contribution >= 4 is 8.80 Å². The van der Waals surface area contributed by atoms with Crippen molar-refractivity contribution in [3.05, 3.63) is 47.7 Å². The zero-order chi connectivity index (χ0) is 13.8. The molecule has 1 aromatic rings. The van der Waals surface area contributed by atoms with Gasteiger partial charge in [0.2, 0.25) is 0 Å². The lowest BCUT2D eigenvalue weighted by Gasteiger charge is -2.05. The van der Waals surface area contributed by atoms with Gasteiger partial charge in [0.15, 0.2) is 0 Å². The predicted octanol–water partition coefficient (Wildman–Crippen LogP) is 3.50. The molecule has 0 bridgehead atoms. The van der Waals surface area contributed by atoms with Crippen LogP contribution in [0, 0.1) is 11.3 Å². The molecular formula is C16H23NOSi. The molecule has 0 aromatic heterocycles. The third kappa shape index (κ3) is 8.36. The van der Waals surface area contributed by atoms with Gasteiger partial charge < -0.3 is 4.74 Å². The highest BCUT2D eigenvalue weighted by Gasteiger charge is 1.99. The van der Waals surface area contributed by atoms with Gasteiger partial charge >= 0.3 is 0 Å². The molecule has 0 aliphatic heterocycles. The average Bonchev–Trinajstić information content (AvgIpc) is 2.44. The fourth-order valence-corrected chi connectivity index (χ4v) is 3.54. The number of rotatable bonds is 9. The Morgan fingerprint density at radius 2 is 2.11 bits per heavy atom. The van der Waals surface area contributed by atoms with Crippen LogP contribution in [-0.2, 0) is 11.2 Å². The van der Waals surface area contributed by atoms with Crippen LogP contribution in [0.1, 0.15) is 18.4 Å². The van der Waals surface area contributed by atoms with Crippen molar-refractivity contribution in [1.82, 2.24) is 0 Å². The Labute approximate surface area is 118 Å². The average molecular weight is 273 g/mol. The Bertz CT molecular complexity index is 397. The van der Waals surface area contributed by atoms with Gasteiger partial charge in [0.05, 0.1) is 34.5 Å². The first-order chi connectivity index (χ1) is 9.33. The van der Waals surface area contributed by atoms with E-state index in [1.165, 1.54) is 24.4 Å². The number of ether oxygens (including phenoxy) is 1. The first kappa shape index (κ1) is 15.7. The van der Waals surface area contributed by atoms with E-state index in [-0.39, 0.29) is 0 Å². The van der Waals surface area contributed by atoms with Crippen molar-refractivity contribution < 1.29 is 4.74 Å². The van der Waals surface area contributed by atoms with Crippen molar-refractivity contribution in [1.29, 1.82) is 5.26 Å². The molecule has 0 N–H and O–H groups in total. The maximum absolute atomic E-state index is 8.36. The van der Waals surface area contributed by atoms with Crippen molar-refractivity contribution in [2.75, 3.05) is 13.2 Å². The first-order valence-corrected chi connectivity index (χ1v) is 9.62. The van der Waals surface area contributed by atoms with Crippen LogP contribution in [0.15, 0.2) is 42.1 Å². The van der Waals surface area contributed by atoms with Crippen LogP contribution >= 0.6 is 0 Å². The molecule has 0 aliphatic carbocycles. The fraction of sp³-hybridized carbons (Fsp3) is 0.438. The third-order valence-electron chi connectivity index (χ3n) is 3.00. The van der Waals surface area contributed by atoms with Gasteiger partial charge in [-0.3, -0.25) is 0 Å². The minimum atomic E-state index is -0.728. The summed E-state index contributed by atoms with van der Waals surface area (Å²) in [6.45, 7) is 3.57. The van der Waals surface area contributed by atoms with Gasteiger partial charge in [-0.1, -0.05) is 61.1 Å². The third-order valence-corrected chi connectivity index (χ3v) is 5.25. The molecule has 1 unspecified atom stereocenters. The zero-order valence-electron chi connectivity index (χ0n) is 11.7. The van der Waals surface area contributed by atoms with Gasteiger partial charge in [-0.25, -0.2) is 0 Å². The summed E-state index contributed by atoms with van der Waals surface area (Å²) in [6, 6.07) is 14.1. The van der Waals surface area contributed by atoms with Gasteiger partial charge in [-0.15, -0.1) is 0 Å². The Hall–Kier alpha value is -1.37. The fourth-order valence-electron chi connectivity index (χ4n) is 1.93.